The topological polar surface area (TPSA) is 0 Å². The average Bonchev–Trinajstić information content (AvgIpc) is 1.88. The summed E-state index contributed by atoms with van der Waals surface area (Å²) >= 11 is 0. The van der Waals surface area contributed by atoms with Crippen LogP contribution >= 0.6 is 0 Å². The minimum atomic E-state index is -2.39. The fourth-order valence-electron chi connectivity index (χ4n) is 0.687. The van der Waals surface area contributed by atoms with Gasteiger partial charge in [-0.25, -0.2) is 8.78 Å². The zero-order valence-electron chi connectivity index (χ0n) is 5.14. The van der Waals surface area contributed by atoms with Gasteiger partial charge in [-0.2, -0.15) is 0 Å². The van der Waals surface area contributed by atoms with Gasteiger partial charge in [0, 0.05) is 5.56 Å². The van der Waals surface area contributed by atoms with Crippen molar-refractivity contribution in [1.82, 2.24) is 0 Å². The van der Waals surface area contributed by atoms with Crippen LogP contribution in [0.1, 0.15) is 12.0 Å². The molecule has 0 atom stereocenters. The molecule has 3 heteroatoms. The van der Waals surface area contributed by atoms with Gasteiger partial charge in [0.25, 0.3) is 6.43 Å². The zero-order chi connectivity index (χ0) is 7.56. The molecule has 0 aromatic heterocycles. The van der Waals surface area contributed by atoms with Crippen molar-refractivity contribution in [2.24, 2.45) is 0 Å². The number of hydrogen-bond donors (Lipinski definition) is 0. The average molecular weight is 155 g/mol. The summed E-state index contributed by atoms with van der Waals surface area (Å²) in [4.78, 5) is 0. The fraction of sp³-hybridized carbons (Fsp3) is 0.143. The van der Waals surface area contributed by atoms with E-state index >= 15 is 0 Å². The standard InChI is InChI=1S/C7H5F2Si/c8-7(9)5-3-1-2-4-6(5)10/h1-4,7H. The predicted octanol–water partition coefficient (Wildman–Crippen LogP) is 1.42. The summed E-state index contributed by atoms with van der Waals surface area (Å²) in [7, 11) is 3.07. The minimum Gasteiger partial charge on any atom is -0.205 e. The van der Waals surface area contributed by atoms with E-state index in [0.29, 0.717) is 5.19 Å². The summed E-state index contributed by atoms with van der Waals surface area (Å²) in [6.45, 7) is 0. The lowest BCUT2D eigenvalue weighted by molar-refractivity contribution is 0.152. The monoisotopic (exact) mass is 155 g/mol. The molecule has 1 rings (SSSR count). The molecule has 0 amide bonds. The third-order valence-corrected chi connectivity index (χ3v) is 1.65. The number of alkyl halides is 2. The van der Waals surface area contributed by atoms with E-state index < -0.39 is 6.43 Å². The highest BCUT2D eigenvalue weighted by Gasteiger charge is 2.07. The van der Waals surface area contributed by atoms with Crippen molar-refractivity contribution in [2.75, 3.05) is 0 Å². The Labute approximate surface area is 61.3 Å². The highest BCUT2D eigenvalue weighted by Crippen LogP contribution is 2.14. The van der Waals surface area contributed by atoms with Gasteiger partial charge in [-0.1, -0.05) is 29.5 Å². The molecular weight excluding hydrogens is 150 g/mol. The molecule has 51 valence electrons. The van der Waals surface area contributed by atoms with Gasteiger partial charge in [0.15, 0.2) is 0 Å². The van der Waals surface area contributed by atoms with Crippen molar-refractivity contribution in [3.05, 3.63) is 29.8 Å². The van der Waals surface area contributed by atoms with E-state index in [0.717, 1.165) is 0 Å². The molecule has 1 aromatic carbocycles. The van der Waals surface area contributed by atoms with Crippen LogP contribution in [0.25, 0.3) is 0 Å². The van der Waals surface area contributed by atoms with Gasteiger partial charge >= 0.3 is 0 Å². The number of benzene rings is 1. The summed E-state index contributed by atoms with van der Waals surface area (Å²) in [6, 6.07) is 6.28. The normalized spacial score (nSPS) is 10.4. The molecular formula is C7H5F2Si. The van der Waals surface area contributed by atoms with E-state index in [2.05, 4.69) is 10.2 Å². The van der Waals surface area contributed by atoms with E-state index in [9.17, 15) is 8.78 Å². The van der Waals surface area contributed by atoms with E-state index in [-0.39, 0.29) is 5.56 Å². The van der Waals surface area contributed by atoms with Gasteiger partial charge in [0.2, 0.25) is 0 Å². The van der Waals surface area contributed by atoms with Crippen LogP contribution < -0.4 is 5.19 Å². The summed E-state index contributed by atoms with van der Waals surface area (Å²) in [5.74, 6) is 0. The van der Waals surface area contributed by atoms with Gasteiger partial charge < -0.3 is 0 Å². The molecule has 0 aliphatic rings. The van der Waals surface area contributed by atoms with Gasteiger partial charge in [-0.05, 0) is 0 Å². The van der Waals surface area contributed by atoms with Crippen LogP contribution in [-0.2, 0) is 0 Å². The first kappa shape index (κ1) is 7.40. The first-order valence-corrected chi connectivity index (χ1v) is 3.30. The Morgan fingerprint density at radius 2 is 1.80 bits per heavy atom. The van der Waals surface area contributed by atoms with Gasteiger partial charge in [-0.15, -0.1) is 0 Å². The molecule has 10 heavy (non-hydrogen) atoms. The third-order valence-electron chi connectivity index (χ3n) is 1.20. The summed E-state index contributed by atoms with van der Waals surface area (Å²) in [5, 5.41) is 0.456. The van der Waals surface area contributed by atoms with Crippen LogP contribution in [0.2, 0.25) is 0 Å². The summed E-state index contributed by atoms with van der Waals surface area (Å²) in [5.41, 5.74) is 0.0409. The Hall–Kier alpha value is -0.703. The fourth-order valence-corrected chi connectivity index (χ4v) is 0.976. The second-order valence-corrected chi connectivity index (χ2v) is 2.43. The lowest BCUT2D eigenvalue weighted by Gasteiger charge is -2.01. The zero-order valence-corrected chi connectivity index (χ0v) is 6.14. The molecule has 0 unspecified atom stereocenters. The molecule has 0 aliphatic heterocycles. The second kappa shape index (κ2) is 2.92. The molecule has 3 radical (unpaired) electrons. The first-order chi connectivity index (χ1) is 4.72. The predicted molar refractivity (Wildman–Crippen MR) is 36.8 cm³/mol. The molecule has 0 heterocycles. The van der Waals surface area contributed by atoms with Crippen molar-refractivity contribution in [3.8, 4) is 0 Å². The molecule has 0 aliphatic carbocycles. The number of halogens is 2. The Bertz CT molecular complexity index is 223. The van der Waals surface area contributed by atoms with Crippen LogP contribution in [0, 0.1) is 0 Å². The number of hydrogen-bond acceptors (Lipinski definition) is 0. The largest absolute Gasteiger partial charge is 0.263 e. The van der Waals surface area contributed by atoms with Gasteiger partial charge in [-0.3, -0.25) is 0 Å². The lowest BCUT2D eigenvalue weighted by Crippen LogP contribution is -2.09. The molecule has 0 saturated heterocycles. The van der Waals surface area contributed by atoms with E-state index in [1.54, 1.807) is 18.2 Å². The van der Waals surface area contributed by atoms with Crippen LogP contribution in [-0.4, -0.2) is 10.2 Å². The van der Waals surface area contributed by atoms with Crippen LogP contribution in [0.5, 0.6) is 0 Å². The summed E-state index contributed by atoms with van der Waals surface area (Å²) in [6.07, 6.45) is -2.39. The molecule has 0 N–H and O–H groups in total. The Kier molecular flexibility index (Phi) is 2.16. The van der Waals surface area contributed by atoms with Crippen molar-refractivity contribution in [3.63, 3.8) is 0 Å². The van der Waals surface area contributed by atoms with Crippen LogP contribution in [0.15, 0.2) is 24.3 Å². The molecule has 1 aromatic rings. The maximum Gasteiger partial charge on any atom is 0.263 e. The summed E-state index contributed by atoms with van der Waals surface area (Å²) < 4.78 is 24.0. The van der Waals surface area contributed by atoms with E-state index in [4.69, 9.17) is 0 Å². The van der Waals surface area contributed by atoms with Gasteiger partial charge in [0.05, 0.1) is 10.2 Å². The molecule has 0 bridgehead atoms. The Morgan fingerprint density at radius 1 is 1.20 bits per heavy atom. The first-order valence-electron chi connectivity index (χ1n) is 2.80. The molecule has 0 nitrogen and oxygen atoms in total. The Balaban J connectivity index is 3.03. The van der Waals surface area contributed by atoms with Crippen molar-refractivity contribution < 1.29 is 8.78 Å². The maximum atomic E-state index is 12.0. The smallest absolute Gasteiger partial charge is 0.205 e. The third kappa shape index (κ3) is 1.42. The SMILES string of the molecule is FC(F)c1ccccc1[Si]. The highest BCUT2D eigenvalue weighted by atomic mass is 28.1. The molecule has 0 saturated carbocycles. The lowest BCUT2D eigenvalue weighted by atomic mass is 10.2. The minimum absolute atomic E-state index is 0.0409. The van der Waals surface area contributed by atoms with E-state index in [1.807, 2.05) is 0 Å². The van der Waals surface area contributed by atoms with Crippen LogP contribution in [0.4, 0.5) is 8.78 Å². The number of rotatable bonds is 1. The molecule has 0 spiro atoms. The second-order valence-electron chi connectivity index (χ2n) is 1.89. The highest BCUT2D eigenvalue weighted by molar-refractivity contribution is 6.33. The van der Waals surface area contributed by atoms with Crippen molar-refractivity contribution in [2.45, 2.75) is 6.43 Å². The van der Waals surface area contributed by atoms with Crippen molar-refractivity contribution >= 4 is 15.4 Å². The van der Waals surface area contributed by atoms with Crippen LogP contribution in [0.3, 0.4) is 0 Å². The Morgan fingerprint density at radius 3 is 2.20 bits per heavy atom. The molecule has 0 fully saturated rings. The maximum absolute atomic E-state index is 12.0. The van der Waals surface area contributed by atoms with Gasteiger partial charge in [0.1, 0.15) is 0 Å². The van der Waals surface area contributed by atoms with E-state index in [1.165, 1.54) is 6.07 Å². The van der Waals surface area contributed by atoms with Crippen molar-refractivity contribution in [1.29, 1.82) is 0 Å². The quantitative estimate of drug-likeness (QED) is 0.538.